The van der Waals surface area contributed by atoms with Gasteiger partial charge in [0.15, 0.2) is 10.8 Å². The molecule has 2 aliphatic heterocycles. The van der Waals surface area contributed by atoms with Crippen LogP contribution in [0.4, 0.5) is 5.13 Å². The molecule has 25 heavy (non-hydrogen) atoms. The number of nitrogens with one attached hydrogen (secondary N) is 1. The van der Waals surface area contributed by atoms with E-state index in [4.69, 9.17) is 9.47 Å². The first-order valence-electron chi connectivity index (χ1n) is 8.63. The van der Waals surface area contributed by atoms with Gasteiger partial charge in [0, 0.05) is 37.7 Å². The van der Waals surface area contributed by atoms with Crippen molar-refractivity contribution in [2.45, 2.75) is 37.6 Å². The Kier molecular flexibility index (Phi) is 5.04. The number of rotatable bonds is 4. The minimum Gasteiger partial charge on any atom is -0.381 e. The van der Waals surface area contributed by atoms with Gasteiger partial charge >= 0.3 is 0 Å². The van der Waals surface area contributed by atoms with Crippen molar-refractivity contribution in [1.82, 2.24) is 20.0 Å². The number of nitrogens with zero attached hydrogens (tertiary/aromatic N) is 4. The smallest absolute Gasteiger partial charge is 0.279 e. The van der Waals surface area contributed by atoms with E-state index in [1.807, 2.05) is 5.38 Å². The van der Waals surface area contributed by atoms with Crippen molar-refractivity contribution >= 4 is 22.4 Å². The van der Waals surface area contributed by atoms with E-state index in [0.717, 1.165) is 57.8 Å². The Morgan fingerprint density at radius 2 is 1.88 bits per heavy atom. The number of anilines is 1. The summed E-state index contributed by atoms with van der Waals surface area (Å²) in [6.45, 7) is 3.00. The molecule has 1 N–H and O–H groups in total. The Morgan fingerprint density at radius 3 is 2.64 bits per heavy atom. The molecule has 4 rings (SSSR count). The van der Waals surface area contributed by atoms with Gasteiger partial charge in [0.2, 0.25) is 0 Å². The average Bonchev–Trinajstić information content (AvgIpc) is 3.33. The molecule has 4 heterocycles. The van der Waals surface area contributed by atoms with Crippen LogP contribution in [0.1, 0.15) is 53.8 Å². The van der Waals surface area contributed by atoms with Crippen LogP contribution in [-0.2, 0) is 9.47 Å². The molecule has 0 saturated carbocycles. The minimum absolute atomic E-state index is 0.253. The minimum atomic E-state index is -0.272. The van der Waals surface area contributed by atoms with Gasteiger partial charge in [-0.2, -0.15) is 0 Å². The highest BCUT2D eigenvalue weighted by molar-refractivity contribution is 7.14. The van der Waals surface area contributed by atoms with Crippen molar-refractivity contribution in [2.24, 2.45) is 0 Å². The Hall–Kier alpha value is -1.84. The lowest BCUT2D eigenvalue weighted by Gasteiger charge is -2.21. The lowest BCUT2D eigenvalue weighted by atomic mass is 9.98. The second kappa shape index (κ2) is 7.59. The third-order valence-corrected chi connectivity index (χ3v) is 5.47. The van der Waals surface area contributed by atoms with E-state index in [9.17, 15) is 4.79 Å². The molecule has 0 aliphatic carbocycles. The van der Waals surface area contributed by atoms with Gasteiger partial charge in [-0.25, -0.2) is 9.67 Å². The Balaban J connectivity index is 1.38. The standard InChI is InChI=1S/C16H21N5O3S/c22-15(13-9-21(20-19-13)12-3-7-24-8-4-12)18-16-17-14(10-25-16)11-1-5-23-6-2-11/h9-12H,1-8H2,(H,17,18,22). The molecule has 0 bridgehead atoms. The summed E-state index contributed by atoms with van der Waals surface area (Å²) < 4.78 is 12.5. The predicted molar refractivity (Wildman–Crippen MR) is 92.0 cm³/mol. The topological polar surface area (TPSA) is 91.2 Å². The third-order valence-electron chi connectivity index (χ3n) is 4.69. The largest absolute Gasteiger partial charge is 0.381 e. The molecule has 2 saturated heterocycles. The van der Waals surface area contributed by atoms with Crippen molar-refractivity contribution in [1.29, 1.82) is 0 Å². The van der Waals surface area contributed by atoms with E-state index in [0.29, 0.717) is 16.7 Å². The third kappa shape index (κ3) is 3.88. The lowest BCUT2D eigenvalue weighted by molar-refractivity contribution is 0.0657. The molecule has 1 amide bonds. The normalized spacial score (nSPS) is 19.8. The fraction of sp³-hybridized carbons (Fsp3) is 0.625. The fourth-order valence-corrected chi connectivity index (χ4v) is 3.98. The van der Waals surface area contributed by atoms with Gasteiger partial charge in [-0.1, -0.05) is 5.21 Å². The van der Waals surface area contributed by atoms with Gasteiger partial charge in [-0.05, 0) is 25.7 Å². The summed E-state index contributed by atoms with van der Waals surface area (Å²) in [5.41, 5.74) is 1.35. The lowest BCUT2D eigenvalue weighted by Crippen LogP contribution is -2.20. The van der Waals surface area contributed by atoms with Crippen molar-refractivity contribution in [3.05, 3.63) is 23.0 Å². The van der Waals surface area contributed by atoms with Gasteiger partial charge in [0.05, 0.1) is 17.9 Å². The number of amides is 1. The molecular formula is C16H21N5O3S. The van der Waals surface area contributed by atoms with Crippen LogP contribution in [0.25, 0.3) is 0 Å². The van der Waals surface area contributed by atoms with Crippen LogP contribution >= 0.6 is 11.3 Å². The summed E-state index contributed by atoms with van der Waals surface area (Å²) in [4.78, 5) is 16.9. The van der Waals surface area contributed by atoms with Crippen LogP contribution < -0.4 is 5.32 Å². The second-order valence-corrected chi connectivity index (χ2v) is 7.20. The molecule has 2 aromatic rings. The summed E-state index contributed by atoms with van der Waals surface area (Å²) in [6, 6.07) is 0.253. The monoisotopic (exact) mass is 363 g/mol. The molecule has 0 spiro atoms. The molecule has 2 aliphatic rings. The van der Waals surface area contributed by atoms with Crippen molar-refractivity contribution in [3.63, 3.8) is 0 Å². The van der Waals surface area contributed by atoms with Crippen LogP contribution in [0, 0.1) is 0 Å². The first-order valence-corrected chi connectivity index (χ1v) is 9.51. The molecule has 9 heteroatoms. The van der Waals surface area contributed by atoms with Gasteiger partial charge in [-0.3, -0.25) is 10.1 Å². The van der Waals surface area contributed by atoms with Crippen LogP contribution in [0.5, 0.6) is 0 Å². The van der Waals surface area contributed by atoms with Gasteiger partial charge in [-0.15, -0.1) is 16.4 Å². The molecule has 0 unspecified atom stereocenters. The fourth-order valence-electron chi connectivity index (χ4n) is 3.19. The van der Waals surface area contributed by atoms with Gasteiger partial charge < -0.3 is 9.47 Å². The molecular weight excluding hydrogens is 342 g/mol. The van der Waals surface area contributed by atoms with Crippen LogP contribution in [0.15, 0.2) is 11.6 Å². The van der Waals surface area contributed by atoms with E-state index in [2.05, 4.69) is 20.6 Å². The van der Waals surface area contributed by atoms with E-state index >= 15 is 0 Å². The van der Waals surface area contributed by atoms with Crippen LogP contribution in [0.3, 0.4) is 0 Å². The summed E-state index contributed by atoms with van der Waals surface area (Å²) in [6.07, 6.45) is 5.46. The van der Waals surface area contributed by atoms with E-state index in [-0.39, 0.29) is 11.9 Å². The maximum atomic E-state index is 12.4. The summed E-state index contributed by atoms with van der Waals surface area (Å²) in [5, 5.41) is 13.6. The zero-order valence-corrected chi connectivity index (χ0v) is 14.7. The zero-order chi connectivity index (χ0) is 17.1. The maximum Gasteiger partial charge on any atom is 0.279 e. The van der Waals surface area contributed by atoms with Crippen molar-refractivity contribution < 1.29 is 14.3 Å². The first-order chi connectivity index (χ1) is 12.3. The van der Waals surface area contributed by atoms with Gasteiger partial charge in [0.1, 0.15) is 0 Å². The number of hydrogen-bond donors (Lipinski definition) is 1. The highest BCUT2D eigenvalue weighted by Crippen LogP contribution is 2.29. The molecule has 134 valence electrons. The number of carbonyl (C=O) groups excluding carboxylic acids is 1. The molecule has 0 radical (unpaired) electrons. The van der Waals surface area contributed by atoms with Crippen molar-refractivity contribution in [2.75, 3.05) is 31.7 Å². The van der Waals surface area contributed by atoms with Crippen LogP contribution in [-0.4, -0.2) is 52.3 Å². The van der Waals surface area contributed by atoms with Gasteiger partial charge in [0.25, 0.3) is 5.91 Å². The number of carbonyl (C=O) groups is 1. The number of aromatic nitrogens is 4. The van der Waals surface area contributed by atoms with E-state index in [1.165, 1.54) is 11.3 Å². The molecule has 0 atom stereocenters. The summed E-state index contributed by atoms with van der Waals surface area (Å²) >= 11 is 1.45. The Bertz CT molecular complexity index is 719. The molecule has 2 aromatic heterocycles. The average molecular weight is 363 g/mol. The predicted octanol–water partition coefficient (Wildman–Crippen LogP) is 2.23. The SMILES string of the molecule is O=C(Nc1nc(C2CCOCC2)cs1)c1cn(C2CCOCC2)nn1. The number of thiazole rings is 1. The number of ether oxygens (including phenoxy) is 2. The first kappa shape index (κ1) is 16.6. The number of hydrogen-bond acceptors (Lipinski definition) is 7. The zero-order valence-electron chi connectivity index (χ0n) is 13.9. The molecule has 0 aromatic carbocycles. The molecule has 8 nitrogen and oxygen atoms in total. The van der Waals surface area contributed by atoms with Crippen molar-refractivity contribution in [3.8, 4) is 0 Å². The van der Waals surface area contributed by atoms with E-state index < -0.39 is 0 Å². The quantitative estimate of drug-likeness (QED) is 0.896. The molecule has 2 fully saturated rings. The highest BCUT2D eigenvalue weighted by atomic mass is 32.1. The second-order valence-electron chi connectivity index (χ2n) is 6.35. The highest BCUT2D eigenvalue weighted by Gasteiger charge is 2.21. The van der Waals surface area contributed by atoms with E-state index in [1.54, 1.807) is 10.9 Å². The van der Waals surface area contributed by atoms with Crippen LogP contribution in [0.2, 0.25) is 0 Å². The summed E-state index contributed by atoms with van der Waals surface area (Å²) in [5.74, 6) is 0.149. The maximum absolute atomic E-state index is 12.4. The Morgan fingerprint density at radius 1 is 1.16 bits per heavy atom. The summed E-state index contributed by atoms with van der Waals surface area (Å²) in [7, 11) is 0. The Labute approximate surface area is 149 Å².